The summed E-state index contributed by atoms with van der Waals surface area (Å²) < 4.78 is 38.8. The Labute approximate surface area is 131 Å². The van der Waals surface area contributed by atoms with E-state index >= 15 is 0 Å². The number of carbonyl (C=O) groups is 1. The van der Waals surface area contributed by atoms with Crippen LogP contribution in [0, 0.1) is 17.0 Å². The molecule has 1 amide bonds. The molecule has 3 aliphatic rings. The summed E-state index contributed by atoms with van der Waals surface area (Å²) in [6.07, 6.45) is -1.40. The molecule has 1 unspecified atom stereocenters. The molecular weight excluding hydrogens is 310 g/mol. The molecule has 0 saturated carbocycles. The molecule has 0 bridgehead atoms. The molecule has 3 fully saturated rings. The highest BCUT2D eigenvalue weighted by molar-refractivity contribution is 5.90. The summed E-state index contributed by atoms with van der Waals surface area (Å²) in [6.45, 7) is 2.14. The fourth-order valence-corrected chi connectivity index (χ4v) is 3.33. The number of benzene rings is 1. The molecule has 1 aromatic rings. The predicted molar refractivity (Wildman–Crippen MR) is 76.5 cm³/mol. The van der Waals surface area contributed by atoms with Crippen molar-refractivity contribution in [2.45, 2.75) is 6.10 Å². The Kier molecular flexibility index (Phi) is 3.21. The van der Waals surface area contributed by atoms with Gasteiger partial charge in [0.2, 0.25) is 0 Å². The van der Waals surface area contributed by atoms with Gasteiger partial charge in [-0.25, -0.2) is 13.6 Å². The van der Waals surface area contributed by atoms with Crippen molar-refractivity contribution in [2.75, 3.05) is 49.3 Å². The van der Waals surface area contributed by atoms with Crippen LogP contribution in [0.3, 0.4) is 0 Å². The van der Waals surface area contributed by atoms with E-state index in [0.29, 0.717) is 26.3 Å². The van der Waals surface area contributed by atoms with Gasteiger partial charge in [0, 0.05) is 25.2 Å². The van der Waals surface area contributed by atoms with E-state index in [1.165, 1.54) is 0 Å². The van der Waals surface area contributed by atoms with Crippen molar-refractivity contribution in [1.82, 2.24) is 0 Å². The largest absolute Gasteiger partial charge is 0.441 e. The summed E-state index contributed by atoms with van der Waals surface area (Å²) >= 11 is 0. The lowest BCUT2D eigenvalue weighted by atomic mass is 9.77. The van der Waals surface area contributed by atoms with Crippen molar-refractivity contribution in [3.63, 3.8) is 0 Å². The highest BCUT2D eigenvalue weighted by Gasteiger charge is 2.50. The van der Waals surface area contributed by atoms with E-state index in [9.17, 15) is 13.6 Å². The molecule has 1 atom stereocenters. The zero-order chi connectivity index (χ0) is 16.2. The summed E-state index contributed by atoms with van der Waals surface area (Å²) in [5.41, 5.74) is 0.0643. The van der Waals surface area contributed by atoms with Gasteiger partial charge in [0.05, 0.1) is 37.5 Å². The van der Waals surface area contributed by atoms with Crippen LogP contribution < -0.4 is 9.80 Å². The van der Waals surface area contributed by atoms with Crippen LogP contribution in [-0.4, -0.2) is 56.8 Å². The summed E-state index contributed by atoms with van der Waals surface area (Å²) in [5.74, 6) is -1.43. The molecule has 6 nitrogen and oxygen atoms in total. The number of halogens is 2. The molecule has 124 valence electrons. The number of ether oxygens (including phenoxy) is 2. The van der Waals surface area contributed by atoms with E-state index in [4.69, 9.17) is 14.6 Å². The molecule has 0 aromatic heterocycles. The minimum atomic E-state index is -0.717. The number of amides is 1. The van der Waals surface area contributed by atoms with Gasteiger partial charge in [0.1, 0.15) is 11.8 Å². The van der Waals surface area contributed by atoms with E-state index in [0.717, 1.165) is 17.0 Å². The predicted octanol–water partition coefficient (Wildman–Crippen LogP) is 1.12. The lowest BCUT2D eigenvalue weighted by Gasteiger charge is -2.56. The Bertz CT molecular complexity index is 634. The number of aliphatic hydroxyl groups is 1. The third-order valence-electron chi connectivity index (χ3n) is 4.58. The van der Waals surface area contributed by atoms with E-state index < -0.39 is 23.8 Å². The van der Waals surface area contributed by atoms with Gasteiger partial charge < -0.3 is 19.5 Å². The van der Waals surface area contributed by atoms with Crippen LogP contribution in [0.2, 0.25) is 0 Å². The molecule has 0 aliphatic carbocycles. The maximum Gasteiger partial charge on any atom is 0.414 e. The van der Waals surface area contributed by atoms with Gasteiger partial charge in [-0.2, -0.15) is 0 Å². The minimum Gasteiger partial charge on any atom is -0.441 e. The fraction of sp³-hybridized carbons (Fsp3) is 0.533. The molecule has 1 spiro atoms. The summed E-state index contributed by atoms with van der Waals surface area (Å²) in [7, 11) is 0. The molecule has 1 N–H and O–H groups in total. The van der Waals surface area contributed by atoms with Gasteiger partial charge in [-0.3, -0.25) is 4.90 Å². The van der Waals surface area contributed by atoms with Gasteiger partial charge in [-0.15, -0.1) is 0 Å². The Morgan fingerprint density at radius 2 is 1.91 bits per heavy atom. The monoisotopic (exact) mass is 326 g/mol. The number of aliphatic hydroxyl groups excluding tert-OH is 1. The quantitative estimate of drug-likeness (QED) is 0.902. The Morgan fingerprint density at radius 3 is 2.39 bits per heavy atom. The van der Waals surface area contributed by atoms with Crippen LogP contribution in [0.15, 0.2) is 12.1 Å². The third-order valence-corrected chi connectivity index (χ3v) is 4.58. The topological polar surface area (TPSA) is 62.2 Å². The normalized spacial score (nSPS) is 25.3. The molecule has 8 heteroatoms. The second-order valence-corrected chi connectivity index (χ2v) is 6.41. The van der Waals surface area contributed by atoms with Gasteiger partial charge in [0.15, 0.2) is 11.6 Å². The number of hydrogen-bond acceptors (Lipinski definition) is 5. The molecule has 3 saturated heterocycles. The molecule has 4 rings (SSSR count). The first kappa shape index (κ1) is 14.6. The van der Waals surface area contributed by atoms with Crippen LogP contribution in [0.5, 0.6) is 0 Å². The van der Waals surface area contributed by atoms with Gasteiger partial charge in [0.25, 0.3) is 0 Å². The number of hydrogen-bond donors (Lipinski definition) is 1. The van der Waals surface area contributed by atoms with Gasteiger partial charge in [-0.05, 0) is 0 Å². The minimum absolute atomic E-state index is 0.0463. The van der Waals surface area contributed by atoms with Crippen molar-refractivity contribution >= 4 is 17.5 Å². The van der Waals surface area contributed by atoms with Crippen molar-refractivity contribution in [3.05, 3.63) is 23.8 Å². The smallest absolute Gasteiger partial charge is 0.414 e. The van der Waals surface area contributed by atoms with E-state index in [-0.39, 0.29) is 29.9 Å². The first-order valence-electron chi connectivity index (χ1n) is 7.42. The molecule has 1 aromatic carbocycles. The Hall–Kier alpha value is -1.93. The maximum atomic E-state index is 14.4. The average Bonchev–Trinajstić information content (AvgIpc) is 2.79. The summed E-state index contributed by atoms with van der Waals surface area (Å²) in [4.78, 5) is 14.5. The SMILES string of the molecule is O=C1OC(CO)CN1c1cc(F)c(N2CC3(COC3)C2)c(F)c1. The Morgan fingerprint density at radius 1 is 1.26 bits per heavy atom. The van der Waals surface area contributed by atoms with Crippen molar-refractivity contribution in [3.8, 4) is 0 Å². The standard InChI is InChI=1S/C15H16F2N2O4/c16-11-1-9(19-3-10(4-20)23-14(19)21)2-12(17)13(11)18-5-15(6-18)7-22-8-15/h1-2,10,20H,3-8H2. The molecule has 0 radical (unpaired) electrons. The highest BCUT2D eigenvalue weighted by Crippen LogP contribution is 2.42. The van der Waals surface area contributed by atoms with Gasteiger partial charge in [-0.1, -0.05) is 0 Å². The summed E-state index contributed by atoms with van der Waals surface area (Å²) in [6, 6.07) is 2.25. The molecular formula is C15H16F2N2O4. The van der Waals surface area contributed by atoms with Gasteiger partial charge >= 0.3 is 6.09 Å². The zero-order valence-corrected chi connectivity index (χ0v) is 12.3. The van der Waals surface area contributed by atoms with Crippen molar-refractivity contribution in [2.24, 2.45) is 5.41 Å². The zero-order valence-electron chi connectivity index (χ0n) is 12.3. The first-order valence-corrected chi connectivity index (χ1v) is 7.42. The van der Waals surface area contributed by atoms with Crippen LogP contribution in [0.25, 0.3) is 0 Å². The molecule has 3 aliphatic heterocycles. The van der Waals surface area contributed by atoms with E-state index in [1.807, 2.05) is 0 Å². The third kappa shape index (κ3) is 2.24. The van der Waals surface area contributed by atoms with Crippen molar-refractivity contribution < 1.29 is 28.2 Å². The number of nitrogens with zero attached hydrogens (tertiary/aromatic N) is 2. The molecule has 23 heavy (non-hydrogen) atoms. The van der Waals surface area contributed by atoms with Crippen LogP contribution in [0.1, 0.15) is 0 Å². The molecule has 3 heterocycles. The lowest BCUT2D eigenvalue weighted by molar-refractivity contribution is -0.127. The van der Waals surface area contributed by atoms with E-state index in [2.05, 4.69) is 0 Å². The second-order valence-electron chi connectivity index (χ2n) is 6.41. The number of anilines is 2. The highest BCUT2D eigenvalue weighted by atomic mass is 19.1. The fourth-order valence-electron chi connectivity index (χ4n) is 3.33. The second kappa shape index (κ2) is 5.04. The summed E-state index contributed by atoms with van der Waals surface area (Å²) in [5, 5.41) is 9.02. The van der Waals surface area contributed by atoms with Crippen molar-refractivity contribution in [1.29, 1.82) is 0 Å². The van der Waals surface area contributed by atoms with E-state index in [1.54, 1.807) is 4.90 Å². The maximum absolute atomic E-state index is 14.4. The van der Waals surface area contributed by atoms with Crippen LogP contribution in [0.4, 0.5) is 25.0 Å². The number of rotatable bonds is 3. The van der Waals surface area contributed by atoms with Crippen LogP contribution >= 0.6 is 0 Å². The lowest BCUT2D eigenvalue weighted by Crippen LogP contribution is -2.66. The first-order chi connectivity index (χ1) is 11.0. The number of cyclic esters (lactones) is 1. The number of carbonyl (C=O) groups excluding carboxylic acids is 1. The average molecular weight is 326 g/mol. The Balaban J connectivity index is 1.56. The van der Waals surface area contributed by atoms with Crippen LogP contribution in [-0.2, 0) is 9.47 Å².